The molecule has 1 aromatic carbocycles. The van der Waals surface area contributed by atoms with Crippen LogP contribution in [0, 0.1) is 0 Å². The number of hydrazone groups is 1. The summed E-state index contributed by atoms with van der Waals surface area (Å²) in [5.74, 6) is -0.220. The first-order valence-electron chi connectivity index (χ1n) is 4.82. The molecule has 0 fully saturated rings. The third-order valence-electron chi connectivity index (χ3n) is 2.03. The topological polar surface area (TPSA) is 67.5 Å². The Morgan fingerprint density at radius 3 is 2.53 bits per heavy atom. The predicted octanol–water partition coefficient (Wildman–Crippen LogP) is 1.78. The molecule has 0 unspecified atom stereocenters. The molecule has 0 spiro atoms. The maximum absolute atomic E-state index is 11.5. The quantitative estimate of drug-likeness (QED) is 0.448. The van der Waals surface area contributed by atoms with E-state index in [1.807, 2.05) is 13.8 Å². The van der Waals surface area contributed by atoms with Gasteiger partial charge >= 0.3 is 0 Å². The molecule has 0 saturated heterocycles. The highest BCUT2D eigenvalue weighted by atomic mass is 16.2. The zero-order valence-corrected chi connectivity index (χ0v) is 8.95. The Morgan fingerprint density at radius 2 is 2.00 bits per heavy atom. The molecule has 80 valence electrons. The lowest BCUT2D eigenvalue weighted by atomic mass is 10.2. The van der Waals surface area contributed by atoms with Gasteiger partial charge < -0.3 is 5.73 Å². The van der Waals surface area contributed by atoms with Crippen molar-refractivity contribution in [2.45, 2.75) is 20.3 Å². The highest BCUT2D eigenvalue weighted by molar-refractivity contribution is 5.95. The maximum Gasteiger partial charge on any atom is 0.271 e. The molecule has 1 rings (SSSR count). The van der Waals surface area contributed by atoms with Crippen LogP contribution < -0.4 is 11.2 Å². The summed E-state index contributed by atoms with van der Waals surface area (Å²) in [5, 5.41) is 3.93. The molecular formula is C11H15N3O. The van der Waals surface area contributed by atoms with Gasteiger partial charge in [-0.2, -0.15) is 5.10 Å². The van der Waals surface area contributed by atoms with Gasteiger partial charge in [0.25, 0.3) is 5.91 Å². The van der Waals surface area contributed by atoms with Crippen molar-refractivity contribution in [1.29, 1.82) is 0 Å². The second-order valence-electron chi connectivity index (χ2n) is 3.26. The van der Waals surface area contributed by atoms with Gasteiger partial charge in [-0.25, -0.2) is 5.43 Å². The van der Waals surface area contributed by atoms with Crippen LogP contribution in [0.4, 0.5) is 5.69 Å². The smallest absolute Gasteiger partial charge is 0.271 e. The number of nitrogens with one attached hydrogen (secondary N) is 1. The predicted molar refractivity (Wildman–Crippen MR) is 61.7 cm³/mol. The van der Waals surface area contributed by atoms with Crippen LogP contribution >= 0.6 is 0 Å². The van der Waals surface area contributed by atoms with Gasteiger partial charge in [0.2, 0.25) is 0 Å². The van der Waals surface area contributed by atoms with Crippen molar-refractivity contribution >= 4 is 17.3 Å². The molecule has 0 heterocycles. The molecule has 0 radical (unpaired) electrons. The summed E-state index contributed by atoms with van der Waals surface area (Å²) in [4.78, 5) is 11.5. The van der Waals surface area contributed by atoms with E-state index in [-0.39, 0.29) is 5.91 Å². The second-order valence-corrected chi connectivity index (χ2v) is 3.26. The van der Waals surface area contributed by atoms with Crippen molar-refractivity contribution in [3.8, 4) is 0 Å². The van der Waals surface area contributed by atoms with Gasteiger partial charge in [0, 0.05) is 17.0 Å². The number of nitrogen functional groups attached to an aromatic ring is 1. The van der Waals surface area contributed by atoms with Gasteiger partial charge in [0.05, 0.1) is 0 Å². The van der Waals surface area contributed by atoms with Crippen LogP contribution in [0.15, 0.2) is 29.4 Å². The summed E-state index contributed by atoms with van der Waals surface area (Å²) < 4.78 is 0. The van der Waals surface area contributed by atoms with E-state index in [1.54, 1.807) is 24.3 Å². The van der Waals surface area contributed by atoms with Gasteiger partial charge in [0.1, 0.15) is 0 Å². The summed E-state index contributed by atoms with van der Waals surface area (Å²) in [6, 6.07) is 6.71. The summed E-state index contributed by atoms with van der Waals surface area (Å²) in [5.41, 5.74) is 10.1. The number of amides is 1. The zero-order valence-electron chi connectivity index (χ0n) is 8.95. The summed E-state index contributed by atoms with van der Waals surface area (Å²) in [6.45, 7) is 3.84. The lowest BCUT2D eigenvalue weighted by molar-refractivity contribution is 0.0954. The lowest BCUT2D eigenvalue weighted by Crippen LogP contribution is -2.18. The monoisotopic (exact) mass is 205 g/mol. The molecule has 1 amide bonds. The third kappa shape index (κ3) is 3.42. The van der Waals surface area contributed by atoms with Crippen molar-refractivity contribution in [3.63, 3.8) is 0 Å². The molecule has 4 heteroatoms. The van der Waals surface area contributed by atoms with Gasteiger partial charge in [0.15, 0.2) is 0 Å². The minimum Gasteiger partial charge on any atom is -0.399 e. The van der Waals surface area contributed by atoms with Crippen molar-refractivity contribution in [2.75, 3.05) is 5.73 Å². The highest BCUT2D eigenvalue weighted by Gasteiger charge is 2.02. The third-order valence-corrected chi connectivity index (χ3v) is 2.03. The number of benzene rings is 1. The van der Waals surface area contributed by atoms with Crippen LogP contribution in [0.5, 0.6) is 0 Å². The largest absolute Gasteiger partial charge is 0.399 e. The molecule has 0 atom stereocenters. The van der Waals surface area contributed by atoms with Crippen LogP contribution in [-0.2, 0) is 0 Å². The van der Waals surface area contributed by atoms with E-state index in [2.05, 4.69) is 10.5 Å². The average Bonchev–Trinajstić information content (AvgIpc) is 2.26. The number of anilines is 1. The van der Waals surface area contributed by atoms with E-state index in [4.69, 9.17) is 5.73 Å². The molecule has 15 heavy (non-hydrogen) atoms. The minimum atomic E-state index is -0.220. The Balaban J connectivity index is 2.66. The SMILES string of the molecule is CCC(C)=NNC(=O)c1ccc(N)cc1. The molecule has 0 aromatic heterocycles. The molecule has 0 aliphatic carbocycles. The molecule has 0 aliphatic heterocycles. The minimum absolute atomic E-state index is 0.220. The van der Waals surface area contributed by atoms with E-state index in [1.165, 1.54) is 0 Å². The van der Waals surface area contributed by atoms with Crippen molar-refractivity contribution in [1.82, 2.24) is 5.43 Å². The number of nitrogens with two attached hydrogens (primary N) is 1. The Kier molecular flexibility index (Phi) is 3.85. The Hall–Kier alpha value is -1.84. The maximum atomic E-state index is 11.5. The summed E-state index contributed by atoms with van der Waals surface area (Å²) in [6.07, 6.45) is 0.821. The second kappa shape index (κ2) is 5.14. The molecule has 0 bridgehead atoms. The van der Waals surface area contributed by atoms with Crippen LogP contribution in [0.3, 0.4) is 0 Å². The van der Waals surface area contributed by atoms with E-state index in [9.17, 15) is 4.79 Å². The molecule has 3 N–H and O–H groups in total. The summed E-state index contributed by atoms with van der Waals surface area (Å²) in [7, 11) is 0. The van der Waals surface area contributed by atoms with Gasteiger partial charge in [-0.05, 0) is 37.6 Å². The first-order chi connectivity index (χ1) is 7.13. The Bertz CT molecular complexity index is 368. The molecule has 4 nitrogen and oxygen atoms in total. The van der Waals surface area contributed by atoms with Crippen LogP contribution in [0.2, 0.25) is 0 Å². The number of hydrogen-bond donors (Lipinski definition) is 2. The molecule has 0 aliphatic rings. The number of nitrogens with zero attached hydrogens (tertiary/aromatic N) is 1. The fourth-order valence-corrected chi connectivity index (χ4v) is 0.924. The van der Waals surface area contributed by atoms with Crippen molar-refractivity contribution in [2.24, 2.45) is 5.10 Å². The molecule has 0 saturated carbocycles. The summed E-state index contributed by atoms with van der Waals surface area (Å²) >= 11 is 0. The number of hydrogen-bond acceptors (Lipinski definition) is 3. The van der Waals surface area contributed by atoms with Crippen molar-refractivity contribution < 1.29 is 4.79 Å². The fourth-order valence-electron chi connectivity index (χ4n) is 0.924. The standard InChI is InChI=1S/C11H15N3O/c1-3-8(2)13-14-11(15)9-4-6-10(12)7-5-9/h4-7H,3,12H2,1-2H3,(H,14,15). The van der Waals surface area contributed by atoms with Gasteiger partial charge in [-0.3, -0.25) is 4.79 Å². The first-order valence-corrected chi connectivity index (χ1v) is 4.82. The van der Waals surface area contributed by atoms with Crippen LogP contribution in [-0.4, -0.2) is 11.6 Å². The zero-order chi connectivity index (χ0) is 11.3. The fraction of sp³-hybridized carbons (Fsp3) is 0.273. The Morgan fingerprint density at radius 1 is 1.40 bits per heavy atom. The van der Waals surface area contributed by atoms with Gasteiger partial charge in [-0.1, -0.05) is 6.92 Å². The average molecular weight is 205 g/mol. The van der Waals surface area contributed by atoms with Gasteiger partial charge in [-0.15, -0.1) is 0 Å². The molecular weight excluding hydrogens is 190 g/mol. The van der Waals surface area contributed by atoms with E-state index in [0.717, 1.165) is 12.1 Å². The van der Waals surface area contributed by atoms with E-state index in [0.29, 0.717) is 11.3 Å². The first kappa shape index (κ1) is 11.2. The van der Waals surface area contributed by atoms with Crippen LogP contribution in [0.25, 0.3) is 0 Å². The normalized spacial score (nSPS) is 11.2. The molecule has 1 aromatic rings. The lowest BCUT2D eigenvalue weighted by Gasteiger charge is -2.01. The van der Waals surface area contributed by atoms with E-state index < -0.39 is 0 Å². The number of carbonyl (C=O) groups excluding carboxylic acids is 1. The Labute approximate surface area is 89.2 Å². The van der Waals surface area contributed by atoms with E-state index >= 15 is 0 Å². The van der Waals surface area contributed by atoms with Crippen molar-refractivity contribution in [3.05, 3.63) is 29.8 Å². The number of carbonyl (C=O) groups is 1. The highest BCUT2D eigenvalue weighted by Crippen LogP contribution is 2.04. The number of rotatable bonds is 3. The van der Waals surface area contributed by atoms with Crippen LogP contribution in [0.1, 0.15) is 30.6 Å².